The van der Waals surface area contributed by atoms with Crippen molar-refractivity contribution in [2.24, 2.45) is 5.10 Å². The van der Waals surface area contributed by atoms with Crippen molar-refractivity contribution in [2.45, 2.75) is 0 Å². The van der Waals surface area contributed by atoms with Crippen LogP contribution in [0.2, 0.25) is 0 Å². The van der Waals surface area contributed by atoms with Crippen LogP contribution in [-0.4, -0.2) is 35.7 Å². The first kappa shape index (κ1) is 19.6. The summed E-state index contributed by atoms with van der Waals surface area (Å²) in [5.74, 6) is 0.467. The summed E-state index contributed by atoms with van der Waals surface area (Å²) in [5.41, 5.74) is 5.05. The SMILES string of the molecule is COc1cc(C=NNc2nc(-c3cccc([NH+]([O-])O)c3)cs2)cc(OC)c1O. The Morgan fingerprint density at radius 1 is 1.21 bits per heavy atom. The minimum absolute atomic E-state index is 0.0803. The fourth-order valence-electron chi connectivity index (χ4n) is 2.42. The van der Waals surface area contributed by atoms with Gasteiger partial charge in [0.1, 0.15) is 0 Å². The smallest absolute Gasteiger partial charge is 0.203 e. The van der Waals surface area contributed by atoms with E-state index >= 15 is 0 Å². The molecule has 0 spiro atoms. The molecular weight excluding hydrogens is 384 g/mol. The van der Waals surface area contributed by atoms with Gasteiger partial charge >= 0.3 is 0 Å². The quantitative estimate of drug-likeness (QED) is 0.353. The molecule has 0 aliphatic rings. The van der Waals surface area contributed by atoms with Crippen LogP contribution in [0.1, 0.15) is 5.56 Å². The van der Waals surface area contributed by atoms with Crippen LogP contribution in [0.5, 0.6) is 17.2 Å². The second kappa shape index (κ2) is 8.67. The Kier molecular flexibility index (Phi) is 6.06. The van der Waals surface area contributed by atoms with E-state index in [1.54, 1.807) is 30.3 Å². The molecule has 0 aliphatic carbocycles. The molecule has 0 aliphatic heterocycles. The minimum atomic E-state index is -0.986. The number of aromatic nitrogens is 1. The van der Waals surface area contributed by atoms with Crippen LogP contribution < -0.4 is 20.1 Å². The topological polar surface area (TPSA) is 124 Å². The Hall–Kier alpha value is -3.18. The van der Waals surface area contributed by atoms with Crippen molar-refractivity contribution in [3.8, 4) is 28.5 Å². The number of aromatic hydroxyl groups is 1. The Balaban J connectivity index is 1.73. The summed E-state index contributed by atoms with van der Waals surface area (Å²) >= 11 is 1.34. The van der Waals surface area contributed by atoms with E-state index in [4.69, 9.17) is 14.7 Å². The van der Waals surface area contributed by atoms with Crippen molar-refractivity contribution < 1.29 is 25.0 Å². The van der Waals surface area contributed by atoms with Gasteiger partial charge in [-0.25, -0.2) is 10.2 Å². The van der Waals surface area contributed by atoms with Crippen molar-refractivity contribution in [1.29, 1.82) is 0 Å². The third kappa shape index (κ3) is 4.38. The summed E-state index contributed by atoms with van der Waals surface area (Å²) in [5, 5.41) is 35.6. The number of nitrogens with zero attached hydrogens (tertiary/aromatic N) is 2. The molecule has 0 radical (unpaired) electrons. The number of thiazole rings is 1. The molecule has 2 aromatic carbocycles. The Labute approximate surface area is 164 Å². The predicted octanol–water partition coefficient (Wildman–Crippen LogP) is 2.38. The highest BCUT2D eigenvalue weighted by atomic mass is 32.1. The van der Waals surface area contributed by atoms with Crippen molar-refractivity contribution in [3.05, 3.63) is 52.5 Å². The highest BCUT2D eigenvalue weighted by Crippen LogP contribution is 2.36. The average molecular weight is 402 g/mol. The normalized spacial score (nSPS) is 12.1. The van der Waals surface area contributed by atoms with E-state index < -0.39 is 5.23 Å². The molecule has 28 heavy (non-hydrogen) atoms. The summed E-state index contributed by atoms with van der Waals surface area (Å²) in [6.07, 6.45) is 1.54. The number of rotatable bonds is 7. The number of nitrogens with one attached hydrogen (secondary N) is 2. The number of hydrogen-bond acceptors (Lipinski definition) is 9. The lowest BCUT2D eigenvalue weighted by molar-refractivity contribution is -0.991. The van der Waals surface area contributed by atoms with E-state index in [0.717, 1.165) is 0 Å². The summed E-state index contributed by atoms with van der Waals surface area (Å²) < 4.78 is 10.2. The van der Waals surface area contributed by atoms with Crippen molar-refractivity contribution >= 4 is 28.4 Å². The summed E-state index contributed by atoms with van der Waals surface area (Å²) in [6, 6.07) is 9.81. The average Bonchev–Trinajstić information content (AvgIpc) is 3.18. The summed E-state index contributed by atoms with van der Waals surface area (Å²) in [6.45, 7) is 0. The molecule has 0 fully saturated rings. The molecule has 0 bridgehead atoms. The Morgan fingerprint density at radius 2 is 1.93 bits per heavy atom. The van der Waals surface area contributed by atoms with Crippen LogP contribution in [0.15, 0.2) is 46.9 Å². The highest BCUT2D eigenvalue weighted by molar-refractivity contribution is 7.14. The third-order valence-corrected chi connectivity index (χ3v) is 4.53. The van der Waals surface area contributed by atoms with Gasteiger partial charge in [0.05, 0.1) is 26.1 Å². The van der Waals surface area contributed by atoms with E-state index in [2.05, 4.69) is 15.5 Å². The third-order valence-electron chi connectivity index (χ3n) is 3.79. The molecule has 9 nitrogen and oxygen atoms in total. The van der Waals surface area contributed by atoms with Gasteiger partial charge in [-0.15, -0.1) is 11.3 Å². The van der Waals surface area contributed by atoms with Crippen LogP contribution in [0.4, 0.5) is 10.8 Å². The first-order valence-corrected chi connectivity index (χ1v) is 8.93. The molecule has 0 amide bonds. The zero-order chi connectivity index (χ0) is 20.1. The lowest BCUT2D eigenvalue weighted by atomic mass is 10.1. The molecule has 1 aromatic heterocycles. The standard InChI is InChI=1S/C18H18N4O5S/c1-26-15-6-11(7-16(27-2)17(15)23)9-19-21-18-20-14(10-28-18)12-4-3-5-13(8-12)22(24)25/h3-10,22-24H,1-2H3,(H,20,21). The zero-order valence-electron chi connectivity index (χ0n) is 15.0. The van der Waals surface area contributed by atoms with E-state index in [1.165, 1.54) is 37.8 Å². The van der Waals surface area contributed by atoms with Crippen molar-refractivity contribution in [2.75, 3.05) is 19.6 Å². The monoisotopic (exact) mass is 402 g/mol. The van der Waals surface area contributed by atoms with Crippen LogP contribution in [-0.2, 0) is 0 Å². The molecule has 3 aromatic rings. The van der Waals surface area contributed by atoms with Gasteiger partial charge < -0.3 is 19.8 Å². The number of benzene rings is 2. The number of ether oxygens (including phenoxy) is 2. The molecule has 1 heterocycles. The molecule has 1 atom stereocenters. The van der Waals surface area contributed by atoms with Crippen molar-refractivity contribution in [1.82, 2.24) is 4.98 Å². The van der Waals surface area contributed by atoms with Gasteiger partial charge in [-0.1, -0.05) is 12.1 Å². The van der Waals surface area contributed by atoms with E-state index in [1.807, 2.05) is 5.38 Å². The molecule has 0 saturated carbocycles. The molecule has 1 unspecified atom stereocenters. The van der Waals surface area contributed by atoms with Crippen molar-refractivity contribution in [3.63, 3.8) is 0 Å². The molecule has 0 saturated heterocycles. The van der Waals surface area contributed by atoms with Crippen LogP contribution in [0.25, 0.3) is 11.3 Å². The first-order chi connectivity index (χ1) is 13.5. The van der Waals surface area contributed by atoms with Crippen LogP contribution >= 0.6 is 11.3 Å². The maximum absolute atomic E-state index is 11.1. The van der Waals surface area contributed by atoms with Crippen LogP contribution in [0, 0.1) is 5.21 Å². The van der Waals surface area contributed by atoms with Gasteiger partial charge in [0, 0.05) is 28.6 Å². The van der Waals surface area contributed by atoms with Gasteiger partial charge in [0.15, 0.2) is 17.2 Å². The summed E-state index contributed by atoms with van der Waals surface area (Å²) in [4.78, 5) is 4.41. The minimum Gasteiger partial charge on any atom is -0.595 e. The maximum atomic E-state index is 11.1. The molecule has 146 valence electrons. The van der Waals surface area contributed by atoms with Gasteiger partial charge in [-0.05, 0) is 12.1 Å². The van der Waals surface area contributed by atoms with Gasteiger partial charge in [0.25, 0.3) is 0 Å². The van der Waals surface area contributed by atoms with E-state index in [9.17, 15) is 10.3 Å². The zero-order valence-corrected chi connectivity index (χ0v) is 15.9. The highest BCUT2D eigenvalue weighted by Gasteiger charge is 2.10. The molecule has 10 heteroatoms. The maximum Gasteiger partial charge on any atom is 0.203 e. The Morgan fingerprint density at radius 3 is 2.57 bits per heavy atom. The van der Waals surface area contributed by atoms with Gasteiger partial charge in [-0.2, -0.15) is 10.3 Å². The molecule has 3 rings (SSSR count). The largest absolute Gasteiger partial charge is 0.595 e. The molecule has 4 N–H and O–H groups in total. The number of hydrogen-bond donors (Lipinski definition) is 4. The summed E-state index contributed by atoms with van der Waals surface area (Å²) in [7, 11) is 2.90. The first-order valence-electron chi connectivity index (χ1n) is 8.05. The van der Waals surface area contributed by atoms with Gasteiger partial charge in [-0.3, -0.25) is 5.43 Å². The van der Waals surface area contributed by atoms with E-state index in [0.29, 0.717) is 22.0 Å². The lowest BCUT2D eigenvalue weighted by Gasteiger charge is -2.11. The number of quaternary nitrogens is 1. The number of hydrazone groups is 1. The second-order valence-electron chi connectivity index (χ2n) is 5.57. The number of anilines is 1. The second-order valence-corrected chi connectivity index (χ2v) is 6.43. The lowest BCUT2D eigenvalue weighted by Crippen LogP contribution is -2.99. The fourth-order valence-corrected chi connectivity index (χ4v) is 3.09. The fraction of sp³-hybridized carbons (Fsp3) is 0.111. The number of phenols is 1. The Bertz CT molecular complexity index is 965. The number of methoxy groups -OCH3 is 2. The molecular formula is C18H18N4O5S. The van der Waals surface area contributed by atoms with E-state index in [-0.39, 0.29) is 22.9 Å². The number of phenolic OH excluding ortho intramolecular Hbond substituents is 1. The van der Waals surface area contributed by atoms with Gasteiger partial charge in [0.2, 0.25) is 10.9 Å². The predicted molar refractivity (Wildman–Crippen MR) is 106 cm³/mol. The van der Waals surface area contributed by atoms with Crippen LogP contribution in [0.3, 0.4) is 0 Å².